The second-order valence-corrected chi connectivity index (χ2v) is 10.9. The molecule has 0 aromatic heterocycles. The van der Waals surface area contributed by atoms with Crippen LogP contribution in [0.1, 0.15) is 43.7 Å². The van der Waals surface area contributed by atoms with E-state index >= 15 is 0 Å². The van der Waals surface area contributed by atoms with Gasteiger partial charge in [-0.3, -0.25) is 19.3 Å². The summed E-state index contributed by atoms with van der Waals surface area (Å²) in [6.07, 6.45) is 9.23. The largest absolute Gasteiger partial charge is 0.368 e. The van der Waals surface area contributed by atoms with Gasteiger partial charge in [0.15, 0.2) is 0 Å². The zero-order valence-electron chi connectivity index (χ0n) is 20.4. The van der Waals surface area contributed by atoms with E-state index in [0.29, 0.717) is 25.1 Å². The Balaban J connectivity index is 1.17. The number of allylic oxidation sites excluding steroid dienone is 1. The van der Waals surface area contributed by atoms with Gasteiger partial charge in [0, 0.05) is 30.4 Å². The zero-order valence-corrected chi connectivity index (χ0v) is 20.4. The summed E-state index contributed by atoms with van der Waals surface area (Å²) < 4.78 is 0. The molecule has 0 radical (unpaired) electrons. The highest BCUT2D eigenvalue weighted by atomic mass is 16.2. The number of fused-ring (bicyclic) bond motifs is 2. The minimum atomic E-state index is -0.582. The fourth-order valence-corrected chi connectivity index (χ4v) is 6.93. The van der Waals surface area contributed by atoms with E-state index in [1.807, 2.05) is 38.2 Å². The smallest absolute Gasteiger partial charge is 0.244 e. The number of dihydropyridines is 1. The Hall–Kier alpha value is -3.13. The van der Waals surface area contributed by atoms with Crippen LogP contribution in [0.5, 0.6) is 0 Å². The van der Waals surface area contributed by atoms with Crippen LogP contribution in [0.25, 0.3) is 0 Å². The van der Waals surface area contributed by atoms with Gasteiger partial charge in [0.25, 0.3) is 0 Å². The number of nitrogens with one attached hydrogen (secondary N) is 3. The van der Waals surface area contributed by atoms with Crippen LogP contribution in [0.3, 0.4) is 0 Å². The molecule has 8 heteroatoms. The minimum Gasteiger partial charge on any atom is -0.368 e. The van der Waals surface area contributed by atoms with E-state index < -0.39 is 11.0 Å². The molecule has 3 aliphatic heterocycles. The Labute approximate surface area is 205 Å². The van der Waals surface area contributed by atoms with Crippen LogP contribution >= 0.6 is 0 Å². The van der Waals surface area contributed by atoms with E-state index in [-0.39, 0.29) is 30.3 Å². The van der Waals surface area contributed by atoms with Crippen molar-refractivity contribution in [2.75, 3.05) is 32.0 Å². The van der Waals surface area contributed by atoms with Crippen molar-refractivity contribution in [1.82, 2.24) is 20.4 Å². The van der Waals surface area contributed by atoms with Gasteiger partial charge in [-0.05, 0) is 62.9 Å². The molecular weight excluding hydrogens is 442 g/mol. The molecule has 1 aromatic carbocycles. The summed E-state index contributed by atoms with van der Waals surface area (Å²) >= 11 is 0. The third kappa shape index (κ3) is 3.33. The Morgan fingerprint density at radius 3 is 2.74 bits per heavy atom. The first kappa shape index (κ1) is 22.3. The number of rotatable bonds is 3. The average Bonchev–Trinajstić information content (AvgIpc) is 3.53. The van der Waals surface area contributed by atoms with Crippen molar-refractivity contribution in [2.45, 2.75) is 57.0 Å². The van der Waals surface area contributed by atoms with E-state index in [0.717, 1.165) is 54.7 Å². The van der Waals surface area contributed by atoms with Crippen molar-refractivity contribution in [3.63, 3.8) is 0 Å². The van der Waals surface area contributed by atoms with Crippen molar-refractivity contribution in [3.05, 3.63) is 52.9 Å². The van der Waals surface area contributed by atoms with Crippen LogP contribution < -0.4 is 16.0 Å². The molecule has 3 amide bonds. The number of amides is 3. The first-order valence-electron chi connectivity index (χ1n) is 12.7. The molecule has 1 aromatic rings. The van der Waals surface area contributed by atoms with Gasteiger partial charge in [0.1, 0.15) is 17.9 Å². The Kier molecular flexibility index (Phi) is 5.07. The maximum atomic E-state index is 13.5. The fraction of sp³-hybridized carbons (Fsp3) is 0.519. The van der Waals surface area contributed by atoms with Crippen molar-refractivity contribution in [1.29, 1.82) is 0 Å². The maximum Gasteiger partial charge on any atom is 0.244 e. The number of piperazine rings is 1. The maximum absolute atomic E-state index is 13.5. The van der Waals surface area contributed by atoms with Gasteiger partial charge in [-0.15, -0.1) is 0 Å². The first-order valence-corrected chi connectivity index (χ1v) is 12.7. The van der Waals surface area contributed by atoms with Crippen molar-refractivity contribution < 1.29 is 14.4 Å². The van der Waals surface area contributed by atoms with Crippen molar-refractivity contribution >= 4 is 23.4 Å². The summed E-state index contributed by atoms with van der Waals surface area (Å²) in [6, 6.07) is 5.90. The lowest BCUT2D eigenvalue weighted by molar-refractivity contribution is -0.155. The van der Waals surface area contributed by atoms with Crippen LogP contribution in [0, 0.1) is 5.41 Å². The normalized spacial score (nSPS) is 29.0. The number of hydrogen-bond acceptors (Lipinski definition) is 5. The molecule has 1 saturated heterocycles. The summed E-state index contributed by atoms with van der Waals surface area (Å²) in [5.41, 5.74) is 2.93. The number of nitrogens with zero attached hydrogens (tertiary/aromatic N) is 2. The highest BCUT2D eigenvalue weighted by Gasteiger charge is 2.52. The molecule has 2 atom stereocenters. The predicted molar refractivity (Wildman–Crippen MR) is 132 cm³/mol. The number of likely N-dealkylation sites (N-methyl/N-ethyl adjacent to an activating group) is 1. The molecule has 3 N–H and O–H groups in total. The Bertz CT molecular complexity index is 1180. The molecule has 2 aliphatic carbocycles. The third-order valence-corrected chi connectivity index (χ3v) is 8.82. The first-order chi connectivity index (χ1) is 16.8. The average molecular weight is 476 g/mol. The number of hydrogen-bond donors (Lipinski definition) is 3. The van der Waals surface area contributed by atoms with Crippen LogP contribution in [-0.4, -0.2) is 65.8 Å². The van der Waals surface area contributed by atoms with Gasteiger partial charge in [0.05, 0.1) is 5.41 Å². The number of carbonyl (C=O) groups is 3. The van der Waals surface area contributed by atoms with E-state index in [4.69, 9.17) is 0 Å². The number of carbonyl (C=O) groups excluding carboxylic acids is 3. The molecule has 184 valence electrons. The minimum absolute atomic E-state index is 0.00939. The van der Waals surface area contributed by atoms with Crippen LogP contribution in [-0.2, 0) is 27.2 Å². The summed E-state index contributed by atoms with van der Waals surface area (Å²) in [4.78, 5) is 43.4. The van der Waals surface area contributed by atoms with E-state index in [1.54, 1.807) is 4.90 Å². The molecule has 1 saturated carbocycles. The Morgan fingerprint density at radius 1 is 1.17 bits per heavy atom. The summed E-state index contributed by atoms with van der Waals surface area (Å²) in [5.74, 6) is 0.767. The lowest BCUT2D eigenvalue weighted by atomic mass is 9.78. The van der Waals surface area contributed by atoms with E-state index in [9.17, 15) is 14.4 Å². The van der Waals surface area contributed by atoms with Gasteiger partial charge in [-0.1, -0.05) is 31.1 Å². The van der Waals surface area contributed by atoms with E-state index in [1.165, 1.54) is 0 Å². The molecule has 2 spiro atoms. The highest BCUT2D eigenvalue weighted by molar-refractivity contribution is 5.97. The molecular formula is C27H33N5O3. The summed E-state index contributed by atoms with van der Waals surface area (Å²) in [5, 5.41) is 9.29. The third-order valence-electron chi connectivity index (χ3n) is 8.82. The van der Waals surface area contributed by atoms with Crippen molar-refractivity contribution in [2.24, 2.45) is 5.41 Å². The molecule has 2 fully saturated rings. The SMILES string of the molecule is C[C@H]1CN(C)C2(CCCC2)C(=O)N1CC(=O)Nc1ccc2c(c1)C[C@@]1(C2)C(=O)NC2=C1C=CCN2. The number of anilines is 1. The molecule has 35 heavy (non-hydrogen) atoms. The van der Waals surface area contributed by atoms with Crippen molar-refractivity contribution in [3.8, 4) is 0 Å². The Morgan fingerprint density at radius 2 is 1.94 bits per heavy atom. The standard InChI is InChI=1S/C27H33N5O3/c1-17-15-31(2)27(9-3-4-10-27)25(35)32(17)16-22(33)29-20-8-7-18-13-26(14-19(18)12-20)21-6-5-11-28-23(21)30-24(26)34/h5-8,12,17,28H,3-4,9-11,13-16H2,1-2H3,(H,29,33)(H,30,34)/t17-,26+/m0/s1. The zero-order chi connectivity index (χ0) is 24.4. The molecule has 6 rings (SSSR count). The topological polar surface area (TPSA) is 93.8 Å². The van der Waals surface area contributed by atoms with E-state index in [2.05, 4.69) is 26.9 Å². The second kappa shape index (κ2) is 7.95. The van der Waals surface area contributed by atoms with Gasteiger partial charge < -0.3 is 20.9 Å². The van der Waals surface area contributed by atoms with Gasteiger partial charge in [-0.2, -0.15) is 0 Å². The molecule has 0 bridgehead atoms. The second-order valence-electron chi connectivity index (χ2n) is 10.9. The van der Waals surface area contributed by atoms with Gasteiger partial charge >= 0.3 is 0 Å². The quantitative estimate of drug-likeness (QED) is 0.619. The molecule has 5 aliphatic rings. The lowest BCUT2D eigenvalue weighted by Crippen LogP contribution is -2.67. The molecule has 8 nitrogen and oxygen atoms in total. The van der Waals surface area contributed by atoms with Crippen LogP contribution in [0.15, 0.2) is 41.7 Å². The predicted octanol–water partition coefficient (Wildman–Crippen LogP) is 1.69. The molecule has 3 heterocycles. The summed E-state index contributed by atoms with van der Waals surface area (Å²) in [6.45, 7) is 3.57. The van der Waals surface area contributed by atoms with Crippen LogP contribution in [0.2, 0.25) is 0 Å². The van der Waals surface area contributed by atoms with Gasteiger partial charge in [-0.25, -0.2) is 0 Å². The highest BCUT2D eigenvalue weighted by Crippen LogP contribution is 2.48. The molecule has 0 unspecified atom stereocenters. The number of benzene rings is 1. The summed E-state index contributed by atoms with van der Waals surface area (Å²) in [7, 11) is 2.04. The fourth-order valence-electron chi connectivity index (χ4n) is 6.93. The van der Waals surface area contributed by atoms with Gasteiger partial charge in [0.2, 0.25) is 17.7 Å². The lowest BCUT2D eigenvalue weighted by Gasteiger charge is -2.49. The van der Waals surface area contributed by atoms with Crippen LogP contribution in [0.4, 0.5) is 5.69 Å². The monoisotopic (exact) mass is 475 g/mol.